The van der Waals surface area contributed by atoms with Gasteiger partial charge >= 0.3 is 6.03 Å². The molecule has 0 radical (unpaired) electrons. The van der Waals surface area contributed by atoms with Gasteiger partial charge in [-0.15, -0.1) is 0 Å². The van der Waals surface area contributed by atoms with E-state index in [0.717, 1.165) is 43.2 Å². The number of nitrogens with one attached hydrogen (secondary N) is 1. The number of fused-ring (bicyclic) bond motifs is 4. The number of aromatic hydroxyl groups is 1. The molecule has 5 heteroatoms. The Bertz CT molecular complexity index is 956. The van der Waals surface area contributed by atoms with Gasteiger partial charge < -0.3 is 10.4 Å². The average Bonchev–Trinajstić information content (AvgIpc) is 2.96. The predicted molar refractivity (Wildman–Crippen MR) is 100 cm³/mol. The van der Waals surface area contributed by atoms with Crippen LogP contribution in [0.4, 0.5) is 4.79 Å². The standard InChI is InChI=1S/C22H22N2O3/c1-24-19(26)22(23-20(24)27)18-12-17(25)7-6-16(18)13-21(22)10-8-14-4-2-3-5-15(14)9-11-21/h2-7,12,25H,8-11,13H2,1H3,(H,23,27). The highest BCUT2D eigenvalue weighted by Crippen LogP contribution is 2.58. The van der Waals surface area contributed by atoms with E-state index in [9.17, 15) is 14.7 Å². The number of phenolic OH excluding ortho intramolecular Hbond substituents is 1. The lowest BCUT2D eigenvalue weighted by molar-refractivity contribution is -0.135. The van der Waals surface area contributed by atoms with Gasteiger partial charge in [-0.1, -0.05) is 30.3 Å². The Morgan fingerprint density at radius 2 is 1.67 bits per heavy atom. The quantitative estimate of drug-likeness (QED) is 0.708. The molecule has 0 saturated carbocycles. The molecule has 2 spiro atoms. The Morgan fingerprint density at radius 1 is 1.00 bits per heavy atom. The molecule has 5 nitrogen and oxygen atoms in total. The van der Waals surface area contributed by atoms with Gasteiger partial charge in [0.1, 0.15) is 5.75 Å². The van der Waals surface area contributed by atoms with Crippen molar-refractivity contribution in [3.8, 4) is 5.75 Å². The van der Waals surface area contributed by atoms with Crippen molar-refractivity contribution in [2.45, 2.75) is 37.6 Å². The molecular formula is C22H22N2O3. The van der Waals surface area contributed by atoms with E-state index in [1.54, 1.807) is 12.1 Å². The lowest BCUT2D eigenvalue weighted by Gasteiger charge is -2.41. The Kier molecular flexibility index (Phi) is 3.24. The minimum Gasteiger partial charge on any atom is -0.508 e. The molecule has 1 fully saturated rings. The van der Waals surface area contributed by atoms with Gasteiger partial charge in [0.15, 0.2) is 5.54 Å². The maximum atomic E-state index is 13.4. The third-order valence-electron chi connectivity index (χ3n) is 6.91. The normalized spacial score (nSPS) is 25.4. The molecule has 1 saturated heterocycles. The predicted octanol–water partition coefficient (Wildman–Crippen LogP) is 2.89. The number of aryl methyl sites for hydroxylation is 2. The molecule has 2 aromatic rings. The summed E-state index contributed by atoms with van der Waals surface area (Å²) in [5.74, 6) is -0.0820. The molecule has 27 heavy (non-hydrogen) atoms. The Labute approximate surface area is 158 Å². The fourth-order valence-corrected chi connectivity index (χ4v) is 5.50. The van der Waals surface area contributed by atoms with Crippen LogP contribution in [-0.2, 0) is 29.6 Å². The van der Waals surface area contributed by atoms with E-state index in [-0.39, 0.29) is 23.1 Å². The SMILES string of the molecule is CN1C(=O)NC2(C1=O)c1cc(O)ccc1CC21CCc2ccccc2CC1. The molecule has 0 aromatic heterocycles. The number of urea groups is 1. The molecule has 3 amide bonds. The Hall–Kier alpha value is -2.82. The average molecular weight is 362 g/mol. The van der Waals surface area contributed by atoms with Crippen LogP contribution in [0.5, 0.6) is 5.75 Å². The highest BCUT2D eigenvalue weighted by atomic mass is 16.3. The monoisotopic (exact) mass is 362 g/mol. The lowest BCUT2D eigenvalue weighted by Crippen LogP contribution is -2.55. The summed E-state index contributed by atoms with van der Waals surface area (Å²) in [6, 6.07) is 13.3. The van der Waals surface area contributed by atoms with Crippen LogP contribution in [0.1, 0.15) is 35.1 Å². The molecule has 1 heterocycles. The fourth-order valence-electron chi connectivity index (χ4n) is 5.50. The molecule has 1 atom stereocenters. The van der Waals surface area contributed by atoms with Crippen LogP contribution in [0.25, 0.3) is 0 Å². The summed E-state index contributed by atoms with van der Waals surface area (Å²) in [4.78, 5) is 27.1. The summed E-state index contributed by atoms with van der Waals surface area (Å²) in [6.45, 7) is 0. The Balaban J connectivity index is 1.69. The van der Waals surface area contributed by atoms with Crippen LogP contribution < -0.4 is 5.32 Å². The van der Waals surface area contributed by atoms with E-state index in [4.69, 9.17) is 0 Å². The van der Waals surface area contributed by atoms with Crippen molar-refractivity contribution < 1.29 is 14.7 Å². The van der Waals surface area contributed by atoms with Crippen LogP contribution in [0.3, 0.4) is 0 Å². The number of hydrogen-bond donors (Lipinski definition) is 2. The van der Waals surface area contributed by atoms with Crippen molar-refractivity contribution in [1.82, 2.24) is 10.2 Å². The first-order valence-corrected chi connectivity index (χ1v) is 9.46. The van der Waals surface area contributed by atoms with Crippen molar-refractivity contribution in [3.63, 3.8) is 0 Å². The van der Waals surface area contributed by atoms with Crippen molar-refractivity contribution in [3.05, 3.63) is 64.7 Å². The van der Waals surface area contributed by atoms with Crippen LogP contribution in [-0.4, -0.2) is 29.0 Å². The van der Waals surface area contributed by atoms with Gasteiger partial charge in [-0.3, -0.25) is 9.69 Å². The van der Waals surface area contributed by atoms with Gasteiger partial charge in [-0.05, 0) is 66.5 Å². The summed E-state index contributed by atoms with van der Waals surface area (Å²) in [7, 11) is 1.53. The summed E-state index contributed by atoms with van der Waals surface area (Å²) >= 11 is 0. The highest BCUT2D eigenvalue weighted by Gasteiger charge is 2.67. The first-order chi connectivity index (χ1) is 13.0. The number of rotatable bonds is 0. The molecule has 2 N–H and O–H groups in total. The minimum absolute atomic E-state index is 0.124. The molecule has 0 bridgehead atoms. The molecule has 1 unspecified atom stereocenters. The van der Waals surface area contributed by atoms with Crippen LogP contribution in [0.2, 0.25) is 0 Å². The first-order valence-electron chi connectivity index (χ1n) is 9.46. The second kappa shape index (κ2) is 5.35. The second-order valence-electron chi connectivity index (χ2n) is 8.11. The number of imide groups is 1. The number of phenols is 1. The summed E-state index contributed by atoms with van der Waals surface area (Å²) < 4.78 is 0. The van der Waals surface area contributed by atoms with E-state index in [0.29, 0.717) is 0 Å². The van der Waals surface area contributed by atoms with Crippen molar-refractivity contribution in [2.24, 2.45) is 5.41 Å². The van der Waals surface area contributed by atoms with Gasteiger partial charge in [0, 0.05) is 12.5 Å². The molecule has 1 aliphatic heterocycles. The van der Waals surface area contributed by atoms with E-state index in [1.165, 1.54) is 23.1 Å². The van der Waals surface area contributed by atoms with E-state index in [2.05, 4.69) is 29.6 Å². The number of nitrogens with zero attached hydrogens (tertiary/aromatic N) is 1. The summed E-state index contributed by atoms with van der Waals surface area (Å²) in [5.41, 5.74) is 2.98. The zero-order valence-electron chi connectivity index (χ0n) is 15.3. The number of benzene rings is 2. The van der Waals surface area contributed by atoms with Crippen LogP contribution in [0, 0.1) is 5.41 Å². The largest absolute Gasteiger partial charge is 0.508 e. The van der Waals surface area contributed by atoms with Crippen molar-refractivity contribution in [1.29, 1.82) is 0 Å². The molecule has 2 aromatic carbocycles. The van der Waals surface area contributed by atoms with E-state index in [1.807, 2.05) is 6.07 Å². The third-order valence-corrected chi connectivity index (χ3v) is 6.91. The molecule has 5 rings (SSSR count). The highest BCUT2D eigenvalue weighted by molar-refractivity contribution is 6.08. The summed E-state index contributed by atoms with van der Waals surface area (Å²) in [6.07, 6.45) is 4.13. The van der Waals surface area contributed by atoms with Crippen molar-refractivity contribution in [2.75, 3.05) is 7.05 Å². The van der Waals surface area contributed by atoms with E-state index < -0.39 is 5.54 Å². The lowest BCUT2D eigenvalue weighted by atomic mass is 9.65. The molecule has 138 valence electrons. The number of carbonyl (C=O) groups is 2. The Morgan fingerprint density at radius 3 is 2.26 bits per heavy atom. The van der Waals surface area contributed by atoms with Gasteiger partial charge in [0.2, 0.25) is 0 Å². The van der Waals surface area contributed by atoms with Crippen molar-refractivity contribution >= 4 is 11.9 Å². The van der Waals surface area contributed by atoms with Gasteiger partial charge in [0.05, 0.1) is 0 Å². The van der Waals surface area contributed by atoms with E-state index >= 15 is 0 Å². The smallest absolute Gasteiger partial charge is 0.325 e. The molecular weight excluding hydrogens is 340 g/mol. The second-order valence-corrected chi connectivity index (χ2v) is 8.11. The number of likely N-dealkylation sites (N-methyl/N-ethyl adjacent to an activating group) is 1. The fraction of sp³-hybridized carbons (Fsp3) is 0.364. The minimum atomic E-state index is -1.09. The zero-order chi connectivity index (χ0) is 18.8. The van der Waals surface area contributed by atoms with Gasteiger partial charge in [-0.25, -0.2) is 4.79 Å². The third kappa shape index (κ3) is 2.00. The molecule has 2 aliphatic carbocycles. The maximum absolute atomic E-state index is 13.4. The van der Waals surface area contributed by atoms with Crippen LogP contribution in [0.15, 0.2) is 42.5 Å². The number of amides is 3. The molecule has 3 aliphatic rings. The maximum Gasteiger partial charge on any atom is 0.325 e. The first kappa shape index (κ1) is 16.4. The zero-order valence-corrected chi connectivity index (χ0v) is 15.3. The topological polar surface area (TPSA) is 69.6 Å². The van der Waals surface area contributed by atoms with Crippen LogP contribution >= 0.6 is 0 Å². The number of hydrogen-bond acceptors (Lipinski definition) is 3. The number of carbonyl (C=O) groups excluding carboxylic acids is 2. The van der Waals surface area contributed by atoms with Gasteiger partial charge in [0.25, 0.3) is 5.91 Å². The summed E-state index contributed by atoms with van der Waals surface area (Å²) in [5, 5.41) is 13.2. The van der Waals surface area contributed by atoms with Gasteiger partial charge in [-0.2, -0.15) is 0 Å².